The number of esters is 1. The summed E-state index contributed by atoms with van der Waals surface area (Å²) in [5.41, 5.74) is 5.31. The fourth-order valence-corrected chi connectivity index (χ4v) is 5.06. The third-order valence-corrected chi connectivity index (χ3v) is 7.87. The van der Waals surface area contributed by atoms with E-state index in [0.717, 1.165) is 89.9 Å². The Balaban J connectivity index is 3.94. The SMILES string of the molecule is CC/C=C\C/C=C\C/C=C\C/C=C\C/C=C\C/C=C\CCCCCCCOCC(COP(=O)(O)OCCN)OC(=O)CCCCCC. The highest BCUT2D eigenvalue weighted by molar-refractivity contribution is 7.47. The average Bonchev–Trinajstić information content (AvgIpc) is 3.06. The van der Waals surface area contributed by atoms with Gasteiger partial charge in [0.1, 0.15) is 6.10 Å². The first-order valence-electron chi connectivity index (χ1n) is 17.9. The fraction of sp³-hybridized carbons (Fsp3) is 0.658. The molecule has 0 aromatic carbocycles. The zero-order valence-corrected chi connectivity index (χ0v) is 30.4. The van der Waals surface area contributed by atoms with Crippen molar-refractivity contribution in [1.29, 1.82) is 0 Å². The number of hydrogen-bond acceptors (Lipinski definition) is 7. The zero-order valence-electron chi connectivity index (χ0n) is 29.5. The van der Waals surface area contributed by atoms with Gasteiger partial charge < -0.3 is 20.1 Å². The molecule has 0 radical (unpaired) electrons. The Kier molecular flexibility index (Phi) is 33.7. The molecule has 0 rings (SSSR count). The summed E-state index contributed by atoms with van der Waals surface area (Å²) in [6, 6.07) is 0. The molecule has 270 valence electrons. The van der Waals surface area contributed by atoms with Crippen molar-refractivity contribution in [2.45, 2.75) is 129 Å². The molecule has 0 fully saturated rings. The highest BCUT2D eigenvalue weighted by Crippen LogP contribution is 2.43. The van der Waals surface area contributed by atoms with Crippen molar-refractivity contribution >= 4 is 13.8 Å². The Morgan fingerprint density at radius 3 is 1.77 bits per heavy atom. The first kappa shape index (κ1) is 44.9. The molecule has 0 aliphatic heterocycles. The summed E-state index contributed by atoms with van der Waals surface area (Å²) in [4.78, 5) is 22.0. The first-order chi connectivity index (χ1) is 22.9. The van der Waals surface area contributed by atoms with Crippen LogP contribution < -0.4 is 5.73 Å². The van der Waals surface area contributed by atoms with E-state index in [1.165, 1.54) is 12.8 Å². The molecule has 0 saturated heterocycles. The molecule has 0 aliphatic carbocycles. The van der Waals surface area contributed by atoms with Crippen molar-refractivity contribution in [2.75, 3.05) is 33.0 Å². The number of allylic oxidation sites excluding steroid dienone is 12. The highest BCUT2D eigenvalue weighted by Gasteiger charge is 2.25. The third kappa shape index (κ3) is 35.1. The molecule has 0 bridgehead atoms. The van der Waals surface area contributed by atoms with Crippen LogP contribution in [0.4, 0.5) is 0 Å². The predicted octanol–water partition coefficient (Wildman–Crippen LogP) is 10.0. The van der Waals surface area contributed by atoms with Crippen molar-refractivity contribution < 1.29 is 32.8 Å². The van der Waals surface area contributed by atoms with E-state index < -0.39 is 13.9 Å². The standard InChI is InChI=1S/C38H66NO7P/c1-3-5-7-9-10-11-12-13-14-15-16-17-18-19-20-21-22-23-24-25-26-27-28-30-33-43-35-37(36-45-47(41,42)44-34-32-39)46-38(40)31-29-8-6-4-2/h5,7,10-11,13-14,16-17,19-20,22-23,37H,3-4,6,8-9,12,15,18,21,24-36,39H2,1-2H3,(H,41,42)/b7-5-,11-10-,14-13-,17-16-,20-19-,23-22-. The molecule has 2 atom stereocenters. The zero-order chi connectivity index (χ0) is 34.5. The van der Waals surface area contributed by atoms with E-state index in [1.807, 2.05) is 0 Å². The first-order valence-corrected chi connectivity index (χ1v) is 19.4. The number of unbranched alkanes of at least 4 members (excludes halogenated alkanes) is 8. The van der Waals surface area contributed by atoms with Gasteiger partial charge in [-0.05, 0) is 64.2 Å². The number of carbonyl (C=O) groups is 1. The smallest absolute Gasteiger partial charge is 0.457 e. The van der Waals surface area contributed by atoms with E-state index in [-0.39, 0.29) is 32.3 Å². The van der Waals surface area contributed by atoms with Crippen LogP contribution in [0.15, 0.2) is 72.9 Å². The molecule has 8 nitrogen and oxygen atoms in total. The second-order valence-electron chi connectivity index (χ2n) is 11.4. The van der Waals surface area contributed by atoms with Crippen molar-refractivity contribution in [2.24, 2.45) is 5.73 Å². The van der Waals surface area contributed by atoms with Crippen molar-refractivity contribution in [3.05, 3.63) is 72.9 Å². The minimum absolute atomic E-state index is 0.0930. The molecular formula is C38H66NO7P. The van der Waals surface area contributed by atoms with E-state index in [4.69, 9.17) is 24.3 Å². The molecule has 47 heavy (non-hydrogen) atoms. The second-order valence-corrected chi connectivity index (χ2v) is 12.8. The summed E-state index contributed by atoms with van der Waals surface area (Å²) < 4.78 is 32.9. The van der Waals surface area contributed by atoms with Crippen LogP contribution in [-0.4, -0.2) is 49.9 Å². The minimum Gasteiger partial charge on any atom is -0.457 e. The molecule has 0 saturated carbocycles. The normalized spacial score (nSPS) is 14.6. The van der Waals surface area contributed by atoms with Crippen LogP contribution in [0.2, 0.25) is 0 Å². The molecule has 0 spiro atoms. The predicted molar refractivity (Wildman–Crippen MR) is 196 cm³/mol. The van der Waals surface area contributed by atoms with Crippen molar-refractivity contribution in [3.8, 4) is 0 Å². The number of nitrogens with two attached hydrogens (primary N) is 1. The van der Waals surface area contributed by atoms with Crippen LogP contribution >= 0.6 is 7.82 Å². The Hall–Kier alpha value is -2.06. The quantitative estimate of drug-likeness (QED) is 0.0305. The van der Waals surface area contributed by atoms with Crippen molar-refractivity contribution in [3.63, 3.8) is 0 Å². The van der Waals surface area contributed by atoms with Gasteiger partial charge in [0.05, 0.1) is 19.8 Å². The van der Waals surface area contributed by atoms with Gasteiger partial charge >= 0.3 is 13.8 Å². The Labute approximate surface area is 286 Å². The summed E-state index contributed by atoms with van der Waals surface area (Å²) >= 11 is 0. The molecular weight excluding hydrogens is 613 g/mol. The number of carbonyl (C=O) groups excluding carboxylic acids is 1. The lowest BCUT2D eigenvalue weighted by Crippen LogP contribution is -2.28. The highest BCUT2D eigenvalue weighted by atomic mass is 31.2. The van der Waals surface area contributed by atoms with Crippen molar-refractivity contribution in [1.82, 2.24) is 0 Å². The average molecular weight is 680 g/mol. The van der Waals surface area contributed by atoms with Crippen LogP contribution in [0.1, 0.15) is 123 Å². The monoisotopic (exact) mass is 679 g/mol. The maximum absolute atomic E-state index is 12.2. The number of rotatable bonds is 33. The van der Waals surface area contributed by atoms with E-state index in [0.29, 0.717) is 13.0 Å². The van der Waals surface area contributed by atoms with E-state index in [9.17, 15) is 14.3 Å². The summed E-state index contributed by atoms with van der Waals surface area (Å²) in [7, 11) is -4.26. The lowest BCUT2D eigenvalue weighted by molar-refractivity contribution is -0.154. The molecule has 2 unspecified atom stereocenters. The Morgan fingerprint density at radius 2 is 1.19 bits per heavy atom. The number of phosphoric acid groups is 1. The lowest BCUT2D eigenvalue weighted by Gasteiger charge is -2.20. The van der Waals surface area contributed by atoms with Crippen LogP contribution in [0.5, 0.6) is 0 Å². The van der Waals surface area contributed by atoms with Gasteiger partial charge in [-0.3, -0.25) is 13.8 Å². The Morgan fingerprint density at radius 1 is 0.660 bits per heavy atom. The second kappa shape index (κ2) is 35.3. The lowest BCUT2D eigenvalue weighted by atomic mass is 10.1. The van der Waals surface area contributed by atoms with Gasteiger partial charge in [0, 0.05) is 19.6 Å². The van der Waals surface area contributed by atoms with Crippen LogP contribution in [0.3, 0.4) is 0 Å². The van der Waals surface area contributed by atoms with Crippen LogP contribution in [-0.2, 0) is 27.9 Å². The Bertz CT molecular complexity index is 942. The number of hydrogen-bond donors (Lipinski definition) is 2. The van der Waals surface area contributed by atoms with Gasteiger partial charge in [-0.1, -0.05) is 125 Å². The largest absolute Gasteiger partial charge is 0.472 e. The maximum Gasteiger partial charge on any atom is 0.472 e. The van der Waals surface area contributed by atoms with Gasteiger partial charge in [0.2, 0.25) is 0 Å². The van der Waals surface area contributed by atoms with Gasteiger partial charge in [0.15, 0.2) is 0 Å². The van der Waals surface area contributed by atoms with Crippen LogP contribution in [0, 0.1) is 0 Å². The fourth-order valence-electron chi connectivity index (χ4n) is 4.29. The molecule has 0 heterocycles. The summed E-state index contributed by atoms with van der Waals surface area (Å²) in [6.07, 6.45) is 42.6. The summed E-state index contributed by atoms with van der Waals surface area (Å²) in [6.45, 7) is 4.59. The minimum atomic E-state index is -4.26. The van der Waals surface area contributed by atoms with E-state index in [2.05, 4.69) is 86.8 Å². The molecule has 3 N–H and O–H groups in total. The molecule has 0 aromatic heterocycles. The molecule has 0 aliphatic rings. The maximum atomic E-state index is 12.2. The van der Waals surface area contributed by atoms with E-state index in [1.54, 1.807) is 0 Å². The van der Waals surface area contributed by atoms with Gasteiger partial charge in [-0.2, -0.15) is 0 Å². The number of phosphoric ester groups is 1. The summed E-state index contributed by atoms with van der Waals surface area (Å²) in [5, 5.41) is 0. The van der Waals surface area contributed by atoms with Crippen LogP contribution in [0.25, 0.3) is 0 Å². The molecule has 0 aromatic rings. The molecule has 9 heteroatoms. The van der Waals surface area contributed by atoms with Gasteiger partial charge in [-0.25, -0.2) is 4.57 Å². The number of ether oxygens (including phenoxy) is 2. The van der Waals surface area contributed by atoms with Gasteiger partial charge in [-0.15, -0.1) is 0 Å². The van der Waals surface area contributed by atoms with Gasteiger partial charge in [0.25, 0.3) is 0 Å². The molecule has 0 amide bonds. The topological polar surface area (TPSA) is 117 Å². The summed E-state index contributed by atoms with van der Waals surface area (Å²) in [5.74, 6) is -0.360. The van der Waals surface area contributed by atoms with E-state index >= 15 is 0 Å². The third-order valence-electron chi connectivity index (χ3n) is 6.89.